The van der Waals surface area contributed by atoms with Gasteiger partial charge in [-0.1, -0.05) is 60.3 Å². The van der Waals surface area contributed by atoms with E-state index in [1.165, 1.54) is 36.4 Å². The number of carbonyl (C=O) groups is 1. The number of halogens is 4. The third-order valence-corrected chi connectivity index (χ3v) is 5.99. The second kappa shape index (κ2) is 9.59. The Kier molecular flexibility index (Phi) is 7.25. The third kappa shape index (κ3) is 4.39. The number of hydrogen-bond acceptors (Lipinski definition) is 4. The van der Waals surface area contributed by atoms with Crippen LogP contribution in [-0.4, -0.2) is 16.2 Å². The fourth-order valence-electron chi connectivity index (χ4n) is 3.35. The predicted octanol–water partition coefficient (Wildman–Crippen LogP) is 7.53. The van der Waals surface area contributed by atoms with Gasteiger partial charge in [0.1, 0.15) is 17.1 Å². The lowest BCUT2D eigenvalue weighted by Gasteiger charge is -2.18. The molecule has 166 valence electrons. The molecule has 2 aliphatic rings. The molecule has 0 bridgehead atoms. The minimum Gasteiger partial charge on any atom is -0.506 e. The predicted molar refractivity (Wildman–Crippen MR) is 128 cm³/mol. The highest BCUT2D eigenvalue weighted by atomic mass is 35.5. The first-order valence-corrected chi connectivity index (χ1v) is 11.0. The number of aromatic carboxylic acids is 1. The van der Waals surface area contributed by atoms with Crippen LogP contribution in [0.3, 0.4) is 0 Å². The lowest BCUT2D eigenvalue weighted by atomic mass is 9.92. The average molecular weight is 514 g/mol. The fourth-order valence-corrected chi connectivity index (χ4v) is 4.16. The zero-order chi connectivity index (χ0) is 23.7. The second-order valence-electron chi connectivity index (χ2n) is 6.52. The van der Waals surface area contributed by atoms with Crippen molar-refractivity contribution in [2.45, 2.75) is 20.3 Å². The quantitative estimate of drug-likeness (QED) is 0.276. The largest absolute Gasteiger partial charge is 0.506 e. The summed E-state index contributed by atoms with van der Waals surface area (Å²) in [6.45, 7) is 4.00. The summed E-state index contributed by atoms with van der Waals surface area (Å²) in [5.41, 5.74) is 0.974. The number of hydrogen-bond donors (Lipinski definition) is 2. The molecule has 2 aromatic rings. The van der Waals surface area contributed by atoms with Gasteiger partial charge < -0.3 is 14.6 Å². The zero-order valence-electron chi connectivity index (χ0n) is 16.8. The average Bonchev–Trinajstić information content (AvgIpc) is 2.74. The van der Waals surface area contributed by atoms with E-state index in [-0.39, 0.29) is 54.7 Å². The molecular formula is C23H16Cl4O5. The second-order valence-corrected chi connectivity index (χ2v) is 8.15. The van der Waals surface area contributed by atoms with Crippen LogP contribution < -0.4 is 5.43 Å². The molecule has 0 amide bonds. The van der Waals surface area contributed by atoms with Crippen molar-refractivity contribution in [3.8, 4) is 17.1 Å². The molecule has 4 rings (SSSR count). The Hall–Kier alpha value is -2.44. The molecule has 0 fully saturated rings. The number of phenols is 1. The van der Waals surface area contributed by atoms with Gasteiger partial charge >= 0.3 is 5.97 Å². The van der Waals surface area contributed by atoms with Gasteiger partial charge in [-0.25, -0.2) is 4.79 Å². The van der Waals surface area contributed by atoms with Gasteiger partial charge in [-0.05, 0) is 35.4 Å². The van der Waals surface area contributed by atoms with E-state index in [0.717, 1.165) is 0 Å². The Morgan fingerprint density at radius 3 is 2.22 bits per heavy atom. The topological polar surface area (TPSA) is 87.7 Å². The first-order valence-electron chi connectivity index (χ1n) is 9.45. The van der Waals surface area contributed by atoms with E-state index >= 15 is 0 Å². The lowest BCUT2D eigenvalue weighted by Crippen LogP contribution is -2.08. The van der Waals surface area contributed by atoms with Gasteiger partial charge in [-0.15, -0.1) is 0 Å². The summed E-state index contributed by atoms with van der Waals surface area (Å²) in [7, 11) is 0. The van der Waals surface area contributed by atoms with Crippen LogP contribution >= 0.6 is 46.4 Å². The Morgan fingerprint density at radius 1 is 0.906 bits per heavy atom. The molecule has 2 N–H and O–H groups in total. The van der Waals surface area contributed by atoms with Gasteiger partial charge in [-0.2, -0.15) is 0 Å². The number of rotatable bonds is 3. The lowest BCUT2D eigenvalue weighted by molar-refractivity contribution is 0.0696. The highest BCUT2D eigenvalue weighted by molar-refractivity contribution is 6.36. The van der Waals surface area contributed by atoms with Crippen molar-refractivity contribution in [3.05, 3.63) is 83.4 Å². The van der Waals surface area contributed by atoms with Crippen molar-refractivity contribution in [2.24, 2.45) is 0 Å². The number of fused-ring (bicyclic) bond motifs is 2. The molecule has 0 unspecified atom stereocenters. The smallest absolute Gasteiger partial charge is 0.337 e. The SMILES string of the molecule is CC.O=C(O)c1c(Cl)ccc(Cl)c1Cc1c2cc(Cl)c(=O)cc-2oc2cc(O)c(Cl)cc12. The summed E-state index contributed by atoms with van der Waals surface area (Å²) >= 11 is 24.6. The van der Waals surface area contributed by atoms with Gasteiger partial charge in [0, 0.05) is 34.5 Å². The van der Waals surface area contributed by atoms with Crippen molar-refractivity contribution < 1.29 is 19.4 Å². The normalized spacial score (nSPS) is 10.8. The summed E-state index contributed by atoms with van der Waals surface area (Å²) in [5, 5.41) is 20.4. The first-order chi connectivity index (χ1) is 15.2. The molecule has 0 radical (unpaired) electrons. The molecule has 32 heavy (non-hydrogen) atoms. The number of carboxylic acid groups (broad SMARTS) is 1. The van der Waals surface area contributed by atoms with Gasteiger partial charge in [0.15, 0.2) is 0 Å². The molecular weight excluding hydrogens is 498 g/mol. The standard InChI is InChI=1S/C21H10Cl4O5.C2H6/c22-12-1-2-13(23)20(21(28)29)11(12)3-8-9-4-14(24)16(26)6-18(9)30-19-7-17(27)15(25)5-10(8)19;1-2/h1-2,4-7,26H,3H2,(H,28,29);1-2H3. The van der Waals surface area contributed by atoms with Crippen LogP contribution in [0.1, 0.15) is 35.3 Å². The number of carboxylic acids is 1. The fraction of sp³-hybridized carbons (Fsp3) is 0.130. The zero-order valence-corrected chi connectivity index (χ0v) is 19.8. The highest BCUT2D eigenvalue weighted by Crippen LogP contribution is 2.40. The van der Waals surface area contributed by atoms with Crippen molar-refractivity contribution in [1.29, 1.82) is 0 Å². The van der Waals surface area contributed by atoms with Crippen LogP contribution in [0.15, 0.2) is 45.6 Å². The van der Waals surface area contributed by atoms with Gasteiger partial charge in [0.2, 0.25) is 5.43 Å². The molecule has 1 heterocycles. The molecule has 2 aromatic carbocycles. The summed E-state index contributed by atoms with van der Waals surface area (Å²) in [4.78, 5) is 23.9. The highest BCUT2D eigenvalue weighted by Gasteiger charge is 2.24. The molecule has 9 heteroatoms. The van der Waals surface area contributed by atoms with E-state index in [1.54, 1.807) is 0 Å². The Bertz CT molecular complexity index is 1380. The first kappa shape index (κ1) is 24.2. The van der Waals surface area contributed by atoms with Crippen molar-refractivity contribution >= 4 is 63.3 Å². The van der Waals surface area contributed by atoms with Crippen molar-refractivity contribution in [2.75, 3.05) is 0 Å². The number of aromatic hydroxyl groups is 1. The Labute approximate surface area is 203 Å². The minimum atomic E-state index is -1.23. The number of benzene rings is 3. The van der Waals surface area contributed by atoms with Crippen LogP contribution in [0.2, 0.25) is 20.1 Å². The molecule has 1 aliphatic heterocycles. The molecule has 0 saturated carbocycles. The minimum absolute atomic E-state index is 0.0278. The van der Waals surface area contributed by atoms with Crippen LogP contribution in [0, 0.1) is 0 Å². The van der Waals surface area contributed by atoms with E-state index in [9.17, 15) is 19.8 Å². The molecule has 0 aromatic heterocycles. The summed E-state index contributed by atoms with van der Waals surface area (Å²) in [6.07, 6.45) is 0.0278. The monoisotopic (exact) mass is 512 g/mol. The Balaban J connectivity index is 0.00000141. The molecule has 0 spiro atoms. The molecule has 5 nitrogen and oxygen atoms in total. The molecule has 0 atom stereocenters. The van der Waals surface area contributed by atoms with Crippen molar-refractivity contribution in [3.63, 3.8) is 0 Å². The summed E-state index contributed by atoms with van der Waals surface area (Å²) in [6, 6.07) is 8.38. The maximum Gasteiger partial charge on any atom is 0.337 e. The van der Waals surface area contributed by atoms with E-state index in [0.29, 0.717) is 16.5 Å². The van der Waals surface area contributed by atoms with Crippen LogP contribution in [0.25, 0.3) is 22.3 Å². The van der Waals surface area contributed by atoms with E-state index < -0.39 is 11.4 Å². The molecule has 0 saturated heterocycles. The van der Waals surface area contributed by atoms with Crippen LogP contribution in [-0.2, 0) is 6.42 Å². The third-order valence-electron chi connectivity index (χ3n) is 4.73. The maximum absolute atomic E-state index is 12.0. The number of phenolic OH excluding ortho intramolecular Hbond substituents is 1. The van der Waals surface area contributed by atoms with Crippen LogP contribution in [0.4, 0.5) is 0 Å². The van der Waals surface area contributed by atoms with Gasteiger partial charge in [0.05, 0.1) is 20.6 Å². The Morgan fingerprint density at radius 2 is 1.56 bits per heavy atom. The van der Waals surface area contributed by atoms with Gasteiger partial charge in [-0.3, -0.25) is 4.79 Å². The van der Waals surface area contributed by atoms with Gasteiger partial charge in [0.25, 0.3) is 0 Å². The maximum atomic E-state index is 12.0. The van der Waals surface area contributed by atoms with Crippen molar-refractivity contribution in [1.82, 2.24) is 0 Å². The molecule has 1 aliphatic carbocycles. The van der Waals surface area contributed by atoms with E-state index in [2.05, 4.69) is 0 Å². The van der Waals surface area contributed by atoms with E-state index in [4.69, 9.17) is 50.8 Å². The summed E-state index contributed by atoms with van der Waals surface area (Å²) in [5.74, 6) is -1.23. The van der Waals surface area contributed by atoms with E-state index in [1.807, 2.05) is 13.8 Å². The van der Waals surface area contributed by atoms with Crippen LogP contribution in [0.5, 0.6) is 5.75 Å². The summed E-state index contributed by atoms with van der Waals surface area (Å²) < 4.78 is 5.78.